The Bertz CT molecular complexity index is 165. The number of carbonyl (C=O) groups is 1. The molecular weight excluding hydrogens is 176 g/mol. The van der Waals surface area contributed by atoms with Gasteiger partial charge in [-0.15, -0.1) is 0 Å². The fraction of sp³-hybridized carbons (Fsp3) is 0.917. The summed E-state index contributed by atoms with van der Waals surface area (Å²) in [5, 5.41) is 0. The van der Waals surface area contributed by atoms with Crippen LogP contribution in [0.3, 0.4) is 0 Å². The van der Waals surface area contributed by atoms with Crippen LogP contribution in [0.1, 0.15) is 52.4 Å². The standard InChI is InChI=1S/C12H22O2/c1-3-7-11(14-4-2)12(13)10-8-5-6-9-10/h10-11H,3-9H2,1-2H3. The molecule has 0 aromatic rings. The van der Waals surface area contributed by atoms with Gasteiger partial charge in [0.1, 0.15) is 6.10 Å². The third-order valence-corrected chi connectivity index (χ3v) is 2.99. The Labute approximate surface area is 87.0 Å². The molecule has 1 aliphatic rings. The first-order valence-electron chi connectivity index (χ1n) is 5.94. The third-order valence-electron chi connectivity index (χ3n) is 2.99. The van der Waals surface area contributed by atoms with Gasteiger partial charge in [-0.3, -0.25) is 4.79 Å². The average molecular weight is 198 g/mol. The molecule has 2 nitrogen and oxygen atoms in total. The van der Waals surface area contributed by atoms with Gasteiger partial charge in [0.2, 0.25) is 0 Å². The smallest absolute Gasteiger partial charge is 0.164 e. The lowest BCUT2D eigenvalue weighted by Gasteiger charge is -2.18. The van der Waals surface area contributed by atoms with Crippen LogP contribution in [0.15, 0.2) is 0 Å². The lowest BCUT2D eigenvalue weighted by atomic mass is 9.96. The van der Waals surface area contributed by atoms with Crippen LogP contribution >= 0.6 is 0 Å². The predicted molar refractivity (Wildman–Crippen MR) is 57.3 cm³/mol. The van der Waals surface area contributed by atoms with Crippen molar-refractivity contribution in [2.75, 3.05) is 6.61 Å². The van der Waals surface area contributed by atoms with Gasteiger partial charge in [0.05, 0.1) is 0 Å². The zero-order chi connectivity index (χ0) is 10.4. The summed E-state index contributed by atoms with van der Waals surface area (Å²) in [6.45, 7) is 4.72. The summed E-state index contributed by atoms with van der Waals surface area (Å²) in [4.78, 5) is 12.0. The quantitative estimate of drug-likeness (QED) is 0.656. The molecule has 14 heavy (non-hydrogen) atoms. The first-order chi connectivity index (χ1) is 6.79. The minimum atomic E-state index is -0.118. The number of rotatable bonds is 6. The summed E-state index contributed by atoms with van der Waals surface area (Å²) in [5.41, 5.74) is 0. The van der Waals surface area contributed by atoms with Crippen LogP contribution in [0, 0.1) is 5.92 Å². The zero-order valence-electron chi connectivity index (χ0n) is 9.42. The molecule has 0 aromatic heterocycles. The highest BCUT2D eigenvalue weighted by Gasteiger charge is 2.28. The average Bonchev–Trinajstić information content (AvgIpc) is 2.69. The zero-order valence-corrected chi connectivity index (χ0v) is 9.42. The van der Waals surface area contributed by atoms with Gasteiger partial charge in [-0.25, -0.2) is 0 Å². The van der Waals surface area contributed by atoms with E-state index in [2.05, 4.69) is 6.92 Å². The molecule has 0 amide bonds. The summed E-state index contributed by atoms with van der Waals surface area (Å²) >= 11 is 0. The lowest BCUT2D eigenvalue weighted by molar-refractivity contribution is -0.134. The van der Waals surface area contributed by atoms with E-state index >= 15 is 0 Å². The maximum atomic E-state index is 12.0. The Morgan fingerprint density at radius 3 is 2.50 bits per heavy atom. The Kier molecular flexibility index (Phi) is 5.16. The number of ketones is 1. The van der Waals surface area contributed by atoms with E-state index < -0.39 is 0 Å². The molecule has 2 heteroatoms. The normalized spacial score (nSPS) is 19.9. The minimum Gasteiger partial charge on any atom is -0.371 e. The number of hydrogen-bond acceptors (Lipinski definition) is 2. The van der Waals surface area contributed by atoms with Gasteiger partial charge < -0.3 is 4.74 Å². The highest BCUT2D eigenvalue weighted by atomic mass is 16.5. The number of hydrogen-bond donors (Lipinski definition) is 0. The molecule has 0 radical (unpaired) electrons. The second kappa shape index (κ2) is 6.18. The van der Waals surface area contributed by atoms with Gasteiger partial charge in [0, 0.05) is 12.5 Å². The Morgan fingerprint density at radius 2 is 2.00 bits per heavy atom. The van der Waals surface area contributed by atoms with Crippen LogP contribution in [0.5, 0.6) is 0 Å². The summed E-state index contributed by atoms with van der Waals surface area (Å²) in [5.74, 6) is 0.671. The van der Waals surface area contributed by atoms with Crippen LogP contribution in [0.2, 0.25) is 0 Å². The largest absolute Gasteiger partial charge is 0.371 e. The van der Waals surface area contributed by atoms with E-state index in [1.807, 2.05) is 6.92 Å². The molecule has 0 aliphatic heterocycles. The van der Waals surface area contributed by atoms with E-state index in [0.717, 1.165) is 25.7 Å². The summed E-state index contributed by atoms with van der Waals surface area (Å²) < 4.78 is 5.51. The van der Waals surface area contributed by atoms with E-state index in [4.69, 9.17) is 4.74 Å². The maximum Gasteiger partial charge on any atom is 0.164 e. The first kappa shape index (κ1) is 11.7. The molecule has 1 aliphatic carbocycles. The molecule has 1 fully saturated rings. The van der Waals surface area contributed by atoms with Crippen molar-refractivity contribution in [1.82, 2.24) is 0 Å². The van der Waals surface area contributed by atoms with Crippen molar-refractivity contribution >= 4 is 5.78 Å². The van der Waals surface area contributed by atoms with Crippen LogP contribution in [-0.2, 0) is 9.53 Å². The van der Waals surface area contributed by atoms with Crippen LogP contribution < -0.4 is 0 Å². The molecule has 0 heterocycles. The third kappa shape index (κ3) is 3.09. The second-order valence-corrected chi connectivity index (χ2v) is 4.12. The minimum absolute atomic E-state index is 0.118. The molecule has 1 atom stereocenters. The second-order valence-electron chi connectivity index (χ2n) is 4.12. The molecule has 0 bridgehead atoms. The van der Waals surface area contributed by atoms with Crippen molar-refractivity contribution in [3.05, 3.63) is 0 Å². The van der Waals surface area contributed by atoms with Crippen LogP contribution in [0.4, 0.5) is 0 Å². The van der Waals surface area contributed by atoms with E-state index in [9.17, 15) is 4.79 Å². The van der Waals surface area contributed by atoms with Crippen molar-refractivity contribution in [2.24, 2.45) is 5.92 Å². The molecule has 0 saturated heterocycles. The van der Waals surface area contributed by atoms with Gasteiger partial charge in [0.25, 0.3) is 0 Å². The van der Waals surface area contributed by atoms with Crippen LogP contribution in [0.25, 0.3) is 0 Å². The van der Waals surface area contributed by atoms with Gasteiger partial charge in [-0.2, -0.15) is 0 Å². The molecule has 1 unspecified atom stereocenters. The fourth-order valence-corrected chi connectivity index (χ4v) is 2.24. The lowest BCUT2D eigenvalue weighted by Crippen LogP contribution is -2.29. The molecule has 0 N–H and O–H groups in total. The predicted octanol–water partition coefficient (Wildman–Crippen LogP) is 2.95. The molecule has 0 spiro atoms. The highest BCUT2D eigenvalue weighted by molar-refractivity contribution is 5.85. The number of carbonyl (C=O) groups excluding carboxylic acids is 1. The number of ether oxygens (including phenoxy) is 1. The molecule has 1 rings (SSSR count). The van der Waals surface area contributed by atoms with Crippen molar-refractivity contribution in [3.8, 4) is 0 Å². The van der Waals surface area contributed by atoms with E-state index in [0.29, 0.717) is 18.3 Å². The SMILES string of the molecule is CCCC(OCC)C(=O)C1CCCC1. The molecule has 0 aromatic carbocycles. The molecule has 1 saturated carbocycles. The summed E-state index contributed by atoms with van der Waals surface area (Å²) in [7, 11) is 0. The van der Waals surface area contributed by atoms with Crippen LogP contribution in [-0.4, -0.2) is 18.5 Å². The van der Waals surface area contributed by atoms with Crippen molar-refractivity contribution in [1.29, 1.82) is 0 Å². The van der Waals surface area contributed by atoms with E-state index in [1.165, 1.54) is 12.8 Å². The Morgan fingerprint density at radius 1 is 1.36 bits per heavy atom. The van der Waals surface area contributed by atoms with Gasteiger partial charge in [0.15, 0.2) is 5.78 Å². The monoisotopic (exact) mass is 198 g/mol. The van der Waals surface area contributed by atoms with Crippen molar-refractivity contribution in [3.63, 3.8) is 0 Å². The molecular formula is C12H22O2. The van der Waals surface area contributed by atoms with Crippen molar-refractivity contribution < 1.29 is 9.53 Å². The highest BCUT2D eigenvalue weighted by Crippen LogP contribution is 2.27. The first-order valence-corrected chi connectivity index (χ1v) is 5.94. The Hall–Kier alpha value is -0.370. The summed E-state index contributed by atoms with van der Waals surface area (Å²) in [6.07, 6.45) is 6.43. The van der Waals surface area contributed by atoms with Gasteiger partial charge >= 0.3 is 0 Å². The Balaban J connectivity index is 2.43. The van der Waals surface area contributed by atoms with Gasteiger partial charge in [-0.1, -0.05) is 26.2 Å². The molecule has 82 valence electrons. The summed E-state index contributed by atoms with van der Waals surface area (Å²) in [6, 6.07) is 0. The van der Waals surface area contributed by atoms with Gasteiger partial charge in [-0.05, 0) is 26.2 Å². The van der Waals surface area contributed by atoms with Crippen molar-refractivity contribution in [2.45, 2.75) is 58.5 Å². The van der Waals surface area contributed by atoms with E-state index in [-0.39, 0.29) is 6.10 Å². The number of Topliss-reactive ketones (excluding diaryl/α,β-unsaturated/α-hetero) is 1. The fourth-order valence-electron chi connectivity index (χ4n) is 2.24. The van der Waals surface area contributed by atoms with E-state index in [1.54, 1.807) is 0 Å². The maximum absolute atomic E-state index is 12.0. The topological polar surface area (TPSA) is 26.3 Å².